The van der Waals surface area contributed by atoms with Gasteiger partial charge in [-0.1, -0.05) is 67.2 Å². The van der Waals surface area contributed by atoms with E-state index in [1.807, 2.05) is 0 Å². The second kappa shape index (κ2) is 8.41. The molecule has 0 N–H and O–H groups in total. The van der Waals surface area contributed by atoms with Crippen LogP contribution in [0.1, 0.15) is 57.1 Å². The molecule has 1 heteroatoms. The van der Waals surface area contributed by atoms with Crippen LogP contribution in [0.25, 0.3) is 0 Å². The van der Waals surface area contributed by atoms with Gasteiger partial charge < -0.3 is 0 Å². The summed E-state index contributed by atoms with van der Waals surface area (Å²) >= 11 is 2.47. The average Bonchev–Trinajstić information content (AvgIpc) is 3.03. The molecule has 1 aromatic rings. The maximum Gasteiger partial charge on any atom is 0.0664 e. The number of benzene rings is 1. The quantitative estimate of drug-likeness (QED) is 0.384. The summed E-state index contributed by atoms with van der Waals surface area (Å²) in [4.78, 5) is 0. The highest BCUT2D eigenvalue weighted by Crippen LogP contribution is 2.55. The molecular weight excluding hydrogens is 451 g/mol. The van der Waals surface area contributed by atoms with Crippen molar-refractivity contribution in [2.24, 2.45) is 0 Å². The second-order valence-electron chi connectivity index (χ2n) is 8.03. The maximum absolute atomic E-state index is 2.49. The number of fused-ring (bicyclic) bond motifs is 1. The first-order valence-electron chi connectivity index (χ1n) is 10.6. The Balaban J connectivity index is 2.03. The Bertz CT molecular complexity index is 914. The number of rotatable bonds is 4. The fraction of sp³-hybridized carbons (Fsp3) is 0.333. The molecule has 0 aliphatic heterocycles. The van der Waals surface area contributed by atoms with E-state index < -0.39 is 0 Å². The SMILES string of the molecule is CC/C=C(C)\C=C1/Cc2ccc(I)cc2C1(C1=CCCC=C1)C1=CCCC=C1. The van der Waals surface area contributed by atoms with Crippen LogP contribution < -0.4 is 0 Å². The Morgan fingerprint density at radius 1 is 1.04 bits per heavy atom. The topological polar surface area (TPSA) is 0 Å². The minimum atomic E-state index is -0.132. The lowest BCUT2D eigenvalue weighted by molar-refractivity contribution is 0.719. The summed E-state index contributed by atoms with van der Waals surface area (Å²) in [5.41, 5.74) is 8.68. The zero-order valence-corrected chi connectivity index (χ0v) is 19.1. The van der Waals surface area contributed by atoms with Crippen molar-refractivity contribution >= 4 is 22.6 Å². The molecule has 0 radical (unpaired) electrons. The third kappa shape index (κ3) is 3.43. The molecule has 0 saturated carbocycles. The van der Waals surface area contributed by atoms with Crippen LogP contribution in [0.4, 0.5) is 0 Å². The molecule has 0 aromatic heterocycles. The van der Waals surface area contributed by atoms with E-state index in [1.54, 1.807) is 0 Å². The molecule has 4 rings (SSSR count). The van der Waals surface area contributed by atoms with E-state index in [1.165, 1.54) is 37.0 Å². The molecule has 0 heterocycles. The van der Waals surface area contributed by atoms with Gasteiger partial charge in [-0.2, -0.15) is 0 Å². The van der Waals surface area contributed by atoms with E-state index in [0.29, 0.717) is 0 Å². The van der Waals surface area contributed by atoms with Crippen LogP contribution in [0.15, 0.2) is 89.1 Å². The van der Waals surface area contributed by atoms with E-state index >= 15 is 0 Å². The maximum atomic E-state index is 2.49. The highest BCUT2D eigenvalue weighted by atomic mass is 127. The molecule has 144 valence electrons. The van der Waals surface area contributed by atoms with Crippen molar-refractivity contribution in [3.8, 4) is 0 Å². The average molecular weight is 480 g/mol. The van der Waals surface area contributed by atoms with Crippen LogP contribution in [0.2, 0.25) is 0 Å². The zero-order chi connectivity index (χ0) is 19.6. The van der Waals surface area contributed by atoms with E-state index in [4.69, 9.17) is 0 Å². The van der Waals surface area contributed by atoms with Gasteiger partial charge in [0.15, 0.2) is 0 Å². The lowest BCUT2D eigenvalue weighted by atomic mass is 9.64. The van der Waals surface area contributed by atoms with Crippen molar-refractivity contribution in [3.05, 3.63) is 104 Å². The first-order chi connectivity index (χ1) is 13.7. The van der Waals surface area contributed by atoms with Gasteiger partial charge in [-0.3, -0.25) is 0 Å². The van der Waals surface area contributed by atoms with E-state index in [0.717, 1.165) is 38.5 Å². The Labute approximate surface area is 183 Å². The van der Waals surface area contributed by atoms with Crippen LogP contribution in [0.5, 0.6) is 0 Å². The van der Waals surface area contributed by atoms with Crippen molar-refractivity contribution in [2.75, 3.05) is 0 Å². The van der Waals surface area contributed by atoms with Crippen LogP contribution in [-0.4, -0.2) is 0 Å². The first kappa shape index (κ1) is 19.7. The zero-order valence-electron chi connectivity index (χ0n) is 17.0. The smallest absolute Gasteiger partial charge is 0.0664 e. The summed E-state index contributed by atoms with van der Waals surface area (Å²) < 4.78 is 1.32. The van der Waals surface area contributed by atoms with Crippen molar-refractivity contribution in [2.45, 2.75) is 57.8 Å². The highest BCUT2D eigenvalue weighted by Gasteiger charge is 2.47. The van der Waals surface area contributed by atoms with Gasteiger partial charge in [0.25, 0.3) is 0 Å². The molecule has 1 aromatic carbocycles. The van der Waals surface area contributed by atoms with E-state index in [2.05, 4.69) is 103 Å². The summed E-state index contributed by atoms with van der Waals surface area (Å²) in [6.07, 6.45) is 26.0. The first-order valence-corrected chi connectivity index (χ1v) is 11.6. The Morgan fingerprint density at radius 3 is 2.29 bits per heavy atom. The fourth-order valence-electron chi connectivity index (χ4n) is 5.01. The third-order valence-electron chi connectivity index (χ3n) is 6.12. The normalized spacial score (nSPS) is 22.2. The number of allylic oxidation sites excluding steroid dienone is 12. The Kier molecular flexibility index (Phi) is 5.91. The van der Waals surface area contributed by atoms with Gasteiger partial charge in [-0.15, -0.1) is 0 Å². The predicted molar refractivity (Wildman–Crippen MR) is 130 cm³/mol. The molecule has 0 unspecified atom stereocenters. The Hall–Kier alpha value is -1.61. The van der Waals surface area contributed by atoms with Gasteiger partial charge in [-0.05, 0) is 108 Å². The molecule has 0 spiro atoms. The number of hydrogen-bond acceptors (Lipinski definition) is 0. The molecule has 3 aliphatic rings. The highest BCUT2D eigenvalue weighted by molar-refractivity contribution is 14.1. The minimum Gasteiger partial charge on any atom is -0.0839 e. The molecule has 0 saturated heterocycles. The second-order valence-corrected chi connectivity index (χ2v) is 9.28. The van der Waals surface area contributed by atoms with Crippen LogP contribution in [0.3, 0.4) is 0 Å². The largest absolute Gasteiger partial charge is 0.0839 e. The minimum absolute atomic E-state index is 0.132. The fourth-order valence-corrected chi connectivity index (χ4v) is 5.50. The molecule has 0 nitrogen and oxygen atoms in total. The number of hydrogen-bond donors (Lipinski definition) is 0. The van der Waals surface area contributed by atoms with Gasteiger partial charge in [0.05, 0.1) is 5.41 Å². The predicted octanol–water partition coefficient (Wildman–Crippen LogP) is 7.92. The molecular formula is C27H29I. The van der Waals surface area contributed by atoms with Gasteiger partial charge in [0.2, 0.25) is 0 Å². The standard InChI is InChI=1S/C27H29I/c1-3-10-20(2)17-24-18-21-15-16-25(28)19-26(21)27(24,22-11-6-4-7-12-22)23-13-8-5-9-14-23/h6,8,10-17,19H,3-5,7,9,18H2,1-2H3/b20-10-,24-17+. The monoisotopic (exact) mass is 480 g/mol. The van der Waals surface area contributed by atoms with Gasteiger partial charge in [-0.25, -0.2) is 0 Å². The van der Waals surface area contributed by atoms with Crippen LogP contribution in [-0.2, 0) is 11.8 Å². The van der Waals surface area contributed by atoms with Crippen molar-refractivity contribution in [1.82, 2.24) is 0 Å². The van der Waals surface area contributed by atoms with Crippen LogP contribution in [0, 0.1) is 3.57 Å². The molecule has 0 amide bonds. The summed E-state index contributed by atoms with van der Waals surface area (Å²) in [7, 11) is 0. The van der Waals surface area contributed by atoms with Crippen molar-refractivity contribution in [1.29, 1.82) is 0 Å². The molecule has 28 heavy (non-hydrogen) atoms. The van der Waals surface area contributed by atoms with Gasteiger partial charge >= 0.3 is 0 Å². The molecule has 0 bridgehead atoms. The summed E-state index contributed by atoms with van der Waals surface area (Å²) in [5.74, 6) is 0. The lowest BCUT2D eigenvalue weighted by Gasteiger charge is -2.38. The van der Waals surface area contributed by atoms with Crippen LogP contribution >= 0.6 is 22.6 Å². The summed E-state index contributed by atoms with van der Waals surface area (Å²) in [6.45, 7) is 4.48. The molecule has 0 atom stereocenters. The van der Waals surface area contributed by atoms with Gasteiger partial charge in [0.1, 0.15) is 0 Å². The summed E-state index contributed by atoms with van der Waals surface area (Å²) in [6, 6.07) is 7.05. The molecule has 0 fully saturated rings. The molecule has 3 aliphatic carbocycles. The van der Waals surface area contributed by atoms with Crippen molar-refractivity contribution in [3.63, 3.8) is 0 Å². The lowest BCUT2D eigenvalue weighted by Crippen LogP contribution is -2.31. The third-order valence-corrected chi connectivity index (χ3v) is 6.79. The van der Waals surface area contributed by atoms with Crippen molar-refractivity contribution < 1.29 is 0 Å². The Morgan fingerprint density at radius 2 is 1.71 bits per heavy atom. The van der Waals surface area contributed by atoms with E-state index in [-0.39, 0.29) is 5.41 Å². The van der Waals surface area contributed by atoms with E-state index in [9.17, 15) is 0 Å². The van der Waals surface area contributed by atoms with Gasteiger partial charge in [0, 0.05) is 3.57 Å². The number of halogens is 1. The summed E-state index contributed by atoms with van der Waals surface area (Å²) in [5, 5.41) is 0.